The van der Waals surface area contributed by atoms with Gasteiger partial charge in [-0.1, -0.05) is 12.8 Å². The monoisotopic (exact) mass is 196 g/mol. The van der Waals surface area contributed by atoms with E-state index in [9.17, 15) is 0 Å². The molecule has 0 bridgehead atoms. The van der Waals surface area contributed by atoms with E-state index in [1.165, 1.54) is 45.2 Å². The maximum Gasteiger partial charge on any atom is 0.0304 e. The molecule has 1 heterocycles. The maximum atomic E-state index is 6.33. The highest BCUT2D eigenvalue weighted by molar-refractivity contribution is 4.95. The van der Waals surface area contributed by atoms with Crippen LogP contribution < -0.4 is 5.73 Å². The fourth-order valence-corrected chi connectivity index (χ4v) is 2.53. The Bertz CT molecular complexity index is 190. The molecule has 1 aliphatic heterocycles. The summed E-state index contributed by atoms with van der Waals surface area (Å²) in [6.07, 6.45) is 6.80. The summed E-state index contributed by atoms with van der Waals surface area (Å²) in [7, 11) is 0. The highest BCUT2D eigenvalue weighted by atomic mass is 15.2. The fraction of sp³-hybridized carbons (Fsp3) is 1.00. The first kappa shape index (κ1) is 10.4. The van der Waals surface area contributed by atoms with Crippen molar-refractivity contribution in [3.8, 4) is 0 Å². The predicted molar refractivity (Wildman–Crippen MR) is 60.2 cm³/mol. The minimum atomic E-state index is 0.221. The van der Waals surface area contributed by atoms with Gasteiger partial charge in [0.1, 0.15) is 0 Å². The lowest BCUT2D eigenvalue weighted by Crippen LogP contribution is -2.55. The van der Waals surface area contributed by atoms with Crippen molar-refractivity contribution in [3.05, 3.63) is 0 Å². The first-order valence-corrected chi connectivity index (χ1v) is 6.11. The van der Waals surface area contributed by atoms with Gasteiger partial charge in [-0.25, -0.2) is 0 Å². The molecule has 0 aromatic heterocycles. The van der Waals surface area contributed by atoms with Gasteiger partial charge in [-0.3, -0.25) is 4.90 Å². The molecule has 2 heteroatoms. The molecule has 0 amide bonds. The second kappa shape index (κ2) is 3.82. The summed E-state index contributed by atoms with van der Waals surface area (Å²) in [6.45, 7) is 7.16. The van der Waals surface area contributed by atoms with Crippen molar-refractivity contribution in [1.29, 1.82) is 0 Å². The van der Waals surface area contributed by atoms with E-state index in [0.29, 0.717) is 6.04 Å². The van der Waals surface area contributed by atoms with Crippen molar-refractivity contribution in [2.24, 2.45) is 11.7 Å². The first-order chi connectivity index (χ1) is 6.60. The SMILES string of the molecule is CC(C)(C(N)CC1CC1)N1CCCC1. The van der Waals surface area contributed by atoms with Gasteiger partial charge in [0.05, 0.1) is 0 Å². The minimum Gasteiger partial charge on any atom is -0.326 e. The van der Waals surface area contributed by atoms with Gasteiger partial charge in [0.15, 0.2) is 0 Å². The molecule has 0 aromatic rings. The highest BCUT2D eigenvalue weighted by Gasteiger charge is 2.37. The van der Waals surface area contributed by atoms with Crippen LogP contribution in [0.15, 0.2) is 0 Å². The van der Waals surface area contributed by atoms with E-state index in [2.05, 4.69) is 18.7 Å². The van der Waals surface area contributed by atoms with E-state index >= 15 is 0 Å². The summed E-state index contributed by atoms with van der Waals surface area (Å²) in [5, 5.41) is 0. The molecule has 2 N–H and O–H groups in total. The van der Waals surface area contributed by atoms with Gasteiger partial charge < -0.3 is 5.73 Å². The van der Waals surface area contributed by atoms with Crippen LogP contribution in [0.3, 0.4) is 0 Å². The molecular weight excluding hydrogens is 172 g/mol. The Kier molecular flexibility index (Phi) is 2.85. The molecule has 14 heavy (non-hydrogen) atoms. The molecule has 2 rings (SSSR count). The number of nitrogens with two attached hydrogens (primary N) is 1. The van der Waals surface area contributed by atoms with Crippen molar-refractivity contribution in [2.75, 3.05) is 13.1 Å². The van der Waals surface area contributed by atoms with Crippen molar-refractivity contribution < 1.29 is 0 Å². The quantitative estimate of drug-likeness (QED) is 0.745. The van der Waals surface area contributed by atoms with Crippen LogP contribution in [0.5, 0.6) is 0 Å². The van der Waals surface area contributed by atoms with E-state index in [1.54, 1.807) is 0 Å². The summed E-state index contributed by atoms with van der Waals surface area (Å²) in [5.74, 6) is 0.951. The minimum absolute atomic E-state index is 0.221. The summed E-state index contributed by atoms with van der Waals surface area (Å²) in [4.78, 5) is 2.58. The van der Waals surface area contributed by atoms with Gasteiger partial charge in [-0.15, -0.1) is 0 Å². The van der Waals surface area contributed by atoms with Crippen molar-refractivity contribution in [2.45, 2.75) is 57.5 Å². The Hall–Kier alpha value is -0.0800. The highest BCUT2D eigenvalue weighted by Crippen LogP contribution is 2.36. The fourth-order valence-electron chi connectivity index (χ4n) is 2.53. The van der Waals surface area contributed by atoms with E-state index in [-0.39, 0.29) is 5.54 Å². The Labute approximate surface area is 87.8 Å². The Morgan fingerprint density at radius 1 is 1.29 bits per heavy atom. The summed E-state index contributed by atoms with van der Waals surface area (Å²) < 4.78 is 0. The van der Waals surface area contributed by atoms with E-state index < -0.39 is 0 Å². The van der Waals surface area contributed by atoms with Crippen molar-refractivity contribution in [1.82, 2.24) is 4.90 Å². The zero-order valence-corrected chi connectivity index (χ0v) is 9.63. The normalized spacial score (nSPS) is 26.8. The molecule has 2 aliphatic rings. The largest absolute Gasteiger partial charge is 0.326 e. The predicted octanol–water partition coefficient (Wildman–Crippen LogP) is 1.99. The van der Waals surface area contributed by atoms with Gasteiger partial charge in [0.2, 0.25) is 0 Å². The molecule has 1 saturated carbocycles. The van der Waals surface area contributed by atoms with Crippen LogP contribution in [0.2, 0.25) is 0 Å². The summed E-state index contributed by atoms with van der Waals surface area (Å²) >= 11 is 0. The third kappa shape index (κ3) is 2.12. The number of nitrogens with zero attached hydrogens (tertiary/aromatic N) is 1. The molecule has 1 atom stereocenters. The van der Waals surface area contributed by atoms with Crippen LogP contribution in [0.25, 0.3) is 0 Å². The summed E-state index contributed by atoms with van der Waals surface area (Å²) in [6, 6.07) is 0.369. The molecule has 2 nitrogen and oxygen atoms in total. The smallest absolute Gasteiger partial charge is 0.0304 e. The van der Waals surface area contributed by atoms with Gasteiger partial charge in [0, 0.05) is 11.6 Å². The average Bonchev–Trinajstić information content (AvgIpc) is 2.79. The molecule has 2 fully saturated rings. The Morgan fingerprint density at radius 3 is 2.36 bits per heavy atom. The van der Waals surface area contributed by atoms with E-state index in [0.717, 1.165) is 5.92 Å². The standard InChI is InChI=1S/C12H24N2/c1-12(2,14-7-3-4-8-14)11(13)9-10-5-6-10/h10-11H,3-9,13H2,1-2H3. The van der Waals surface area contributed by atoms with Crippen LogP contribution >= 0.6 is 0 Å². The van der Waals surface area contributed by atoms with Crippen LogP contribution in [0, 0.1) is 5.92 Å². The average molecular weight is 196 g/mol. The summed E-state index contributed by atoms with van der Waals surface area (Å²) in [5.41, 5.74) is 6.55. The zero-order valence-electron chi connectivity index (χ0n) is 9.63. The molecular formula is C12H24N2. The van der Waals surface area contributed by atoms with Gasteiger partial charge in [-0.2, -0.15) is 0 Å². The number of rotatable bonds is 4. The third-order valence-corrected chi connectivity index (χ3v) is 4.11. The van der Waals surface area contributed by atoms with Crippen LogP contribution in [-0.4, -0.2) is 29.6 Å². The molecule has 0 radical (unpaired) electrons. The first-order valence-electron chi connectivity index (χ1n) is 6.11. The van der Waals surface area contributed by atoms with Crippen molar-refractivity contribution >= 4 is 0 Å². The number of hydrogen-bond donors (Lipinski definition) is 1. The van der Waals surface area contributed by atoms with Crippen LogP contribution in [0.4, 0.5) is 0 Å². The second-order valence-electron chi connectivity index (χ2n) is 5.63. The van der Waals surface area contributed by atoms with E-state index in [1.807, 2.05) is 0 Å². The molecule has 0 aromatic carbocycles. The number of hydrogen-bond acceptors (Lipinski definition) is 2. The van der Waals surface area contributed by atoms with Gasteiger partial charge >= 0.3 is 0 Å². The Balaban J connectivity index is 1.90. The van der Waals surface area contributed by atoms with Crippen LogP contribution in [0.1, 0.15) is 46.0 Å². The second-order valence-corrected chi connectivity index (χ2v) is 5.63. The lowest BCUT2D eigenvalue weighted by molar-refractivity contribution is 0.117. The van der Waals surface area contributed by atoms with Crippen LogP contribution in [-0.2, 0) is 0 Å². The lowest BCUT2D eigenvalue weighted by atomic mass is 9.89. The molecule has 0 spiro atoms. The molecule has 1 unspecified atom stereocenters. The van der Waals surface area contributed by atoms with Gasteiger partial charge in [0.25, 0.3) is 0 Å². The zero-order chi connectivity index (χ0) is 10.2. The lowest BCUT2D eigenvalue weighted by Gasteiger charge is -2.40. The van der Waals surface area contributed by atoms with E-state index in [4.69, 9.17) is 5.73 Å². The molecule has 1 saturated heterocycles. The topological polar surface area (TPSA) is 29.3 Å². The Morgan fingerprint density at radius 2 is 1.86 bits per heavy atom. The number of likely N-dealkylation sites (tertiary alicyclic amines) is 1. The van der Waals surface area contributed by atoms with Crippen molar-refractivity contribution in [3.63, 3.8) is 0 Å². The third-order valence-electron chi connectivity index (χ3n) is 4.11. The molecule has 82 valence electrons. The maximum absolute atomic E-state index is 6.33. The van der Waals surface area contributed by atoms with Gasteiger partial charge in [-0.05, 0) is 52.1 Å². The molecule has 1 aliphatic carbocycles.